The molecular formula is C16H25N. The van der Waals surface area contributed by atoms with Gasteiger partial charge in [-0.1, -0.05) is 32.0 Å². The summed E-state index contributed by atoms with van der Waals surface area (Å²) in [6.07, 6.45) is 6.49. The first-order chi connectivity index (χ1) is 8.29. The Hall–Kier alpha value is -0.820. The molecule has 0 fully saturated rings. The first-order valence-electron chi connectivity index (χ1n) is 7.11. The van der Waals surface area contributed by atoms with E-state index in [4.69, 9.17) is 0 Å². The van der Waals surface area contributed by atoms with E-state index in [1.54, 1.807) is 11.1 Å². The summed E-state index contributed by atoms with van der Waals surface area (Å²) in [6, 6.07) is 7.14. The lowest BCUT2D eigenvalue weighted by Crippen LogP contribution is -2.20. The molecule has 2 rings (SSSR count). The van der Waals surface area contributed by atoms with E-state index in [1.165, 1.54) is 37.7 Å². The van der Waals surface area contributed by atoms with E-state index in [1.807, 2.05) is 0 Å². The summed E-state index contributed by atoms with van der Waals surface area (Å²) < 4.78 is 0. The second-order valence-corrected chi connectivity index (χ2v) is 5.41. The van der Waals surface area contributed by atoms with Gasteiger partial charge in [-0.05, 0) is 67.8 Å². The fraction of sp³-hybridized carbons (Fsp3) is 0.625. The number of nitrogens with one attached hydrogen (secondary N) is 1. The molecule has 0 heterocycles. The second kappa shape index (κ2) is 6.20. The standard InChI is InChI=1S/C16H25N/c1-3-17-12-13(2)7-8-14-9-10-15-5-4-6-16(15)11-14/h9-11,13,17H,3-8,12H2,1-2H3. The Kier molecular flexibility index (Phi) is 4.61. The average Bonchev–Trinajstić information content (AvgIpc) is 2.81. The summed E-state index contributed by atoms with van der Waals surface area (Å²) in [6.45, 7) is 6.76. The molecule has 17 heavy (non-hydrogen) atoms. The van der Waals surface area contributed by atoms with Gasteiger partial charge >= 0.3 is 0 Å². The van der Waals surface area contributed by atoms with Crippen LogP contribution in [-0.2, 0) is 19.3 Å². The number of aryl methyl sites for hydroxylation is 3. The summed E-state index contributed by atoms with van der Waals surface area (Å²) in [5.74, 6) is 0.781. The zero-order valence-electron chi connectivity index (χ0n) is 11.3. The lowest BCUT2D eigenvalue weighted by atomic mass is 9.98. The maximum absolute atomic E-state index is 3.43. The number of benzene rings is 1. The zero-order valence-corrected chi connectivity index (χ0v) is 11.3. The fourth-order valence-electron chi connectivity index (χ4n) is 2.69. The highest BCUT2D eigenvalue weighted by Gasteiger charge is 2.11. The van der Waals surface area contributed by atoms with E-state index in [0.29, 0.717) is 0 Å². The summed E-state index contributed by atoms with van der Waals surface area (Å²) in [5.41, 5.74) is 4.74. The highest BCUT2D eigenvalue weighted by molar-refractivity contribution is 5.35. The molecule has 1 aromatic rings. The molecule has 1 aromatic carbocycles. The molecule has 0 saturated carbocycles. The molecule has 1 nitrogen and oxygen atoms in total. The first kappa shape index (κ1) is 12.6. The summed E-state index contributed by atoms with van der Waals surface area (Å²) in [7, 11) is 0. The maximum atomic E-state index is 3.43. The van der Waals surface area contributed by atoms with Crippen molar-refractivity contribution < 1.29 is 0 Å². The predicted molar refractivity (Wildman–Crippen MR) is 74.5 cm³/mol. The molecule has 0 spiro atoms. The molecule has 0 saturated heterocycles. The highest BCUT2D eigenvalue weighted by Crippen LogP contribution is 2.23. The molecule has 1 N–H and O–H groups in total. The van der Waals surface area contributed by atoms with Crippen molar-refractivity contribution in [2.24, 2.45) is 5.92 Å². The van der Waals surface area contributed by atoms with Crippen LogP contribution < -0.4 is 5.32 Å². The van der Waals surface area contributed by atoms with Gasteiger partial charge in [0.15, 0.2) is 0 Å². The van der Waals surface area contributed by atoms with Gasteiger partial charge in [-0.2, -0.15) is 0 Å². The molecule has 1 atom stereocenters. The Morgan fingerprint density at radius 3 is 2.88 bits per heavy atom. The smallest absolute Gasteiger partial charge is 0.00232 e. The van der Waals surface area contributed by atoms with E-state index in [9.17, 15) is 0 Å². The molecule has 94 valence electrons. The molecule has 1 heteroatoms. The molecule has 1 aliphatic rings. The fourth-order valence-corrected chi connectivity index (χ4v) is 2.69. The minimum Gasteiger partial charge on any atom is -0.317 e. The van der Waals surface area contributed by atoms with E-state index in [2.05, 4.69) is 37.4 Å². The van der Waals surface area contributed by atoms with Crippen molar-refractivity contribution >= 4 is 0 Å². The highest BCUT2D eigenvalue weighted by atomic mass is 14.8. The third kappa shape index (κ3) is 3.57. The number of hydrogen-bond donors (Lipinski definition) is 1. The lowest BCUT2D eigenvalue weighted by molar-refractivity contribution is 0.489. The monoisotopic (exact) mass is 231 g/mol. The Labute approximate surface area is 106 Å². The van der Waals surface area contributed by atoms with Crippen molar-refractivity contribution in [2.45, 2.75) is 46.0 Å². The third-order valence-corrected chi connectivity index (χ3v) is 3.83. The SMILES string of the molecule is CCNCC(C)CCc1ccc2c(c1)CCC2. The Morgan fingerprint density at radius 1 is 1.24 bits per heavy atom. The summed E-state index contributed by atoms with van der Waals surface area (Å²) in [4.78, 5) is 0. The second-order valence-electron chi connectivity index (χ2n) is 5.41. The van der Waals surface area contributed by atoms with Gasteiger partial charge in [0.2, 0.25) is 0 Å². The summed E-state index contributed by atoms with van der Waals surface area (Å²) in [5, 5.41) is 3.43. The molecule has 0 amide bonds. The molecule has 0 radical (unpaired) electrons. The lowest BCUT2D eigenvalue weighted by Gasteiger charge is -2.12. The number of rotatable bonds is 6. The van der Waals surface area contributed by atoms with Crippen LogP contribution in [0.5, 0.6) is 0 Å². The van der Waals surface area contributed by atoms with Crippen molar-refractivity contribution in [3.05, 3.63) is 34.9 Å². The van der Waals surface area contributed by atoms with Crippen LogP contribution >= 0.6 is 0 Å². The van der Waals surface area contributed by atoms with Gasteiger partial charge in [-0.25, -0.2) is 0 Å². The molecular weight excluding hydrogens is 206 g/mol. The van der Waals surface area contributed by atoms with Crippen molar-refractivity contribution in [1.29, 1.82) is 0 Å². The minimum absolute atomic E-state index is 0.781. The van der Waals surface area contributed by atoms with Crippen LogP contribution in [0.25, 0.3) is 0 Å². The van der Waals surface area contributed by atoms with E-state index >= 15 is 0 Å². The Balaban J connectivity index is 1.83. The normalized spacial score (nSPS) is 15.9. The number of fused-ring (bicyclic) bond motifs is 1. The Morgan fingerprint density at radius 2 is 2.06 bits per heavy atom. The van der Waals surface area contributed by atoms with Crippen LogP contribution in [0.15, 0.2) is 18.2 Å². The van der Waals surface area contributed by atoms with Crippen LogP contribution in [0.2, 0.25) is 0 Å². The molecule has 0 bridgehead atoms. The third-order valence-electron chi connectivity index (χ3n) is 3.83. The van der Waals surface area contributed by atoms with Crippen LogP contribution in [0.4, 0.5) is 0 Å². The van der Waals surface area contributed by atoms with Crippen molar-refractivity contribution in [2.75, 3.05) is 13.1 Å². The topological polar surface area (TPSA) is 12.0 Å². The maximum Gasteiger partial charge on any atom is -0.00232 e. The molecule has 1 aliphatic carbocycles. The van der Waals surface area contributed by atoms with Gasteiger partial charge in [-0.15, -0.1) is 0 Å². The zero-order chi connectivity index (χ0) is 12.1. The van der Waals surface area contributed by atoms with Crippen molar-refractivity contribution in [3.63, 3.8) is 0 Å². The average molecular weight is 231 g/mol. The largest absolute Gasteiger partial charge is 0.317 e. The van der Waals surface area contributed by atoms with Crippen molar-refractivity contribution in [3.8, 4) is 0 Å². The van der Waals surface area contributed by atoms with E-state index in [0.717, 1.165) is 19.0 Å². The molecule has 1 unspecified atom stereocenters. The van der Waals surface area contributed by atoms with Gasteiger partial charge in [0.1, 0.15) is 0 Å². The van der Waals surface area contributed by atoms with Gasteiger partial charge in [0.25, 0.3) is 0 Å². The van der Waals surface area contributed by atoms with Crippen LogP contribution in [0, 0.1) is 5.92 Å². The van der Waals surface area contributed by atoms with Crippen LogP contribution in [0.3, 0.4) is 0 Å². The molecule has 0 aliphatic heterocycles. The van der Waals surface area contributed by atoms with Gasteiger partial charge in [-0.3, -0.25) is 0 Å². The summed E-state index contributed by atoms with van der Waals surface area (Å²) >= 11 is 0. The van der Waals surface area contributed by atoms with Gasteiger partial charge in [0, 0.05) is 0 Å². The van der Waals surface area contributed by atoms with E-state index < -0.39 is 0 Å². The minimum atomic E-state index is 0.781. The van der Waals surface area contributed by atoms with Crippen molar-refractivity contribution in [1.82, 2.24) is 5.32 Å². The van der Waals surface area contributed by atoms with Gasteiger partial charge in [0.05, 0.1) is 0 Å². The molecule has 0 aromatic heterocycles. The first-order valence-corrected chi connectivity index (χ1v) is 7.11. The van der Waals surface area contributed by atoms with Gasteiger partial charge < -0.3 is 5.32 Å². The quantitative estimate of drug-likeness (QED) is 0.791. The predicted octanol–water partition coefficient (Wildman–Crippen LogP) is 3.35. The number of hydrogen-bond acceptors (Lipinski definition) is 1. The van der Waals surface area contributed by atoms with E-state index in [-0.39, 0.29) is 0 Å². The van der Waals surface area contributed by atoms with Crippen LogP contribution in [0.1, 0.15) is 43.4 Å². The van der Waals surface area contributed by atoms with Crippen LogP contribution in [-0.4, -0.2) is 13.1 Å². The Bertz CT molecular complexity index is 357.